The number of carbonyl (C=O) groups excluding carboxylic acids is 1. The Hall–Kier alpha value is -8.37. The summed E-state index contributed by atoms with van der Waals surface area (Å²) in [4.78, 5) is 29.2. The van der Waals surface area contributed by atoms with Gasteiger partial charge in [-0.25, -0.2) is 5.43 Å². The molecule has 17 heteroatoms. The van der Waals surface area contributed by atoms with E-state index < -0.39 is 10.8 Å². The predicted octanol–water partition coefficient (Wildman–Crippen LogP) is 13.2. The van der Waals surface area contributed by atoms with Gasteiger partial charge in [-0.2, -0.15) is 15.8 Å². The van der Waals surface area contributed by atoms with Crippen LogP contribution in [0.2, 0.25) is 10.0 Å². The van der Waals surface area contributed by atoms with Gasteiger partial charge in [-0.3, -0.25) is 19.7 Å². The van der Waals surface area contributed by atoms with Crippen LogP contribution in [0.25, 0.3) is 32.7 Å². The number of nitro groups is 1. The molecule has 0 fully saturated rings. The number of hydrogen-bond acceptors (Lipinski definition) is 13. The molecular weight excluding hydrogens is 882 g/mol. The van der Waals surface area contributed by atoms with Crippen LogP contribution in [0.5, 0.6) is 11.5 Å². The minimum atomic E-state index is -0.630. The molecule has 0 radical (unpaired) electrons. The van der Waals surface area contributed by atoms with E-state index in [1.807, 2.05) is 55.5 Å². The van der Waals surface area contributed by atoms with E-state index in [0.29, 0.717) is 49.8 Å². The van der Waals surface area contributed by atoms with Gasteiger partial charge in [0.1, 0.15) is 35.1 Å². The van der Waals surface area contributed by atoms with Crippen LogP contribution in [0, 0.1) is 17.0 Å². The van der Waals surface area contributed by atoms with Gasteiger partial charge in [-0.1, -0.05) is 126 Å². The summed E-state index contributed by atoms with van der Waals surface area (Å²) in [6.45, 7) is 1.85. The van der Waals surface area contributed by atoms with Gasteiger partial charge < -0.3 is 10.2 Å². The lowest BCUT2D eigenvalue weighted by atomic mass is 10.0. The summed E-state index contributed by atoms with van der Waals surface area (Å²) in [7, 11) is 0. The van der Waals surface area contributed by atoms with Crippen LogP contribution in [0.4, 0.5) is 28.4 Å². The Morgan fingerprint density at radius 1 is 0.667 bits per heavy atom. The SMILES string of the molecule is Cc1cccc(C=NNC(=O)c2cc3ccccc3c(N=Nc3ccc(-c4ccc(N=Nc5c(O)c(CONN=Cc6cccc([N+](=O)[O-])c6)cc6ccccc56)c(Cl)c4)cc3Cl)c2O)c1. The second-order valence-corrected chi connectivity index (χ2v) is 15.4. The molecule has 8 aromatic rings. The van der Waals surface area contributed by atoms with Gasteiger partial charge in [0.2, 0.25) is 0 Å². The first-order valence-corrected chi connectivity index (χ1v) is 20.7. The fraction of sp³-hybridized carbons (Fsp3) is 0.0408. The number of hydrazone groups is 2. The summed E-state index contributed by atoms with van der Waals surface area (Å²) in [6.07, 6.45) is 2.88. The van der Waals surface area contributed by atoms with Gasteiger partial charge in [0.25, 0.3) is 11.6 Å². The first-order valence-electron chi connectivity index (χ1n) is 20.0. The minimum absolute atomic E-state index is 0.0344. The topological polar surface area (TPSA) is 208 Å². The molecule has 0 aliphatic rings. The van der Waals surface area contributed by atoms with Crippen LogP contribution in [-0.4, -0.2) is 33.5 Å². The highest BCUT2D eigenvalue weighted by Gasteiger charge is 2.19. The highest BCUT2D eigenvalue weighted by molar-refractivity contribution is 6.34. The Bertz CT molecular complexity index is 3300. The van der Waals surface area contributed by atoms with E-state index in [0.717, 1.165) is 16.5 Å². The molecule has 0 saturated heterocycles. The molecule has 4 N–H and O–H groups in total. The van der Waals surface area contributed by atoms with Crippen LogP contribution < -0.4 is 11.0 Å². The molecule has 8 rings (SSSR count). The number of rotatable bonds is 14. The highest BCUT2D eigenvalue weighted by Crippen LogP contribution is 2.43. The molecule has 66 heavy (non-hydrogen) atoms. The number of aromatic hydroxyl groups is 2. The first-order chi connectivity index (χ1) is 32.0. The maximum absolute atomic E-state index is 13.2. The average Bonchev–Trinajstić information content (AvgIpc) is 3.31. The van der Waals surface area contributed by atoms with Gasteiger partial charge in [-0.15, -0.1) is 20.5 Å². The van der Waals surface area contributed by atoms with Crippen molar-refractivity contribution in [2.45, 2.75) is 13.5 Å². The molecule has 0 aliphatic carbocycles. The molecule has 0 saturated carbocycles. The molecule has 0 aromatic heterocycles. The maximum atomic E-state index is 13.2. The van der Waals surface area contributed by atoms with E-state index >= 15 is 0 Å². The fourth-order valence-corrected chi connectivity index (χ4v) is 7.30. The number of aryl methyl sites for hydroxylation is 1. The third-order valence-electron chi connectivity index (χ3n) is 10.1. The van der Waals surface area contributed by atoms with Gasteiger partial charge in [0.15, 0.2) is 5.75 Å². The van der Waals surface area contributed by atoms with E-state index in [1.54, 1.807) is 84.9 Å². The smallest absolute Gasteiger partial charge is 0.275 e. The van der Waals surface area contributed by atoms with Crippen molar-refractivity contribution in [1.29, 1.82) is 0 Å². The van der Waals surface area contributed by atoms with Crippen LogP contribution in [0.1, 0.15) is 32.6 Å². The summed E-state index contributed by atoms with van der Waals surface area (Å²) in [6, 6.07) is 41.7. The number of carbonyl (C=O) groups is 1. The van der Waals surface area contributed by atoms with Crippen LogP contribution >= 0.6 is 23.2 Å². The number of benzene rings is 8. The Labute approximate surface area is 386 Å². The van der Waals surface area contributed by atoms with Crippen LogP contribution in [-0.2, 0) is 11.4 Å². The zero-order valence-electron chi connectivity index (χ0n) is 34.6. The number of nitrogens with one attached hydrogen (secondary N) is 2. The van der Waals surface area contributed by atoms with Crippen molar-refractivity contribution >= 4 is 91.5 Å². The summed E-state index contributed by atoms with van der Waals surface area (Å²) >= 11 is 13.5. The number of fused-ring (bicyclic) bond motifs is 2. The molecule has 0 unspecified atom stereocenters. The molecule has 326 valence electrons. The van der Waals surface area contributed by atoms with E-state index in [1.165, 1.54) is 24.6 Å². The fourth-order valence-electron chi connectivity index (χ4n) is 6.86. The third-order valence-corrected chi connectivity index (χ3v) is 10.7. The predicted molar refractivity (Wildman–Crippen MR) is 256 cm³/mol. The standard InChI is InChI=1S/C49H35Cl2N9O6/c1-29-8-6-9-30(20-29)26-52-58-49(63)40-23-35-12-3-5-15-39(35)46(48(40)62)57-55-44-19-17-33(25-42(44)51)32-16-18-43(41(50)24-32)54-56-45-38-14-4-2-11-34(38)22-36(47(45)61)28-66-59-53-27-31-10-7-13-37(21-31)60(64)65/h2-27,59,61-62H,28H2,1H3,(H,58,63). The second kappa shape index (κ2) is 20.0. The van der Waals surface area contributed by atoms with Crippen molar-refractivity contribution < 1.29 is 24.8 Å². The molecule has 0 atom stereocenters. The quantitative estimate of drug-likeness (QED) is 0.0272. The lowest BCUT2D eigenvalue weighted by Crippen LogP contribution is -2.17. The van der Waals surface area contributed by atoms with Crippen molar-refractivity contribution in [3.63, 3.8) is 0 Å². The zero-order valence-corrected chi connectivity index (χ0v) is 36.1. The normalized spacial score (nSPS) is 11.7. The average molecular weight is 917 g/mol. The molecule has 0 aliphatic heterocycles. The van der Waals surface area contributed by atoms with Gasteiger partial charge >= 0.3 is 0 Å². The van der Waals surface area contributed by atoms with Crippen LogP contribution in [0.15, 0.2) is 176 Å². The number of phenols is 2. The van der Waals surface area contributed by atoms with Gasteiger partial charge in [-0.05, 0) is 70.8 Å². The Morgan fingerprint density at radius 2 is 1.24 bits per heavy atom. The van der Waals surface area contributed by atoms with E-state index in [9.17, 15) is 25.1 Å². The number of nitro benzene ring substituents is 1. The van der Waals surface area contributed by atoms with Crippen molar-refractivity contribution in [2.75, 3.05) is 0 Å². The van der Waals surface area contributed by atoms with E-state index in [2.05, 4.69) is 41.7 Å². The van der Waals surface area contributed by atoms with Gasteiger partial charge in [0.05, 0.1) is 33.0 Å². The molecule has 8 aromatic carbocycles. The van der Waals surface area contributed by atoms with E-state index in [4.69, 9.17) is 28.0 Å². The van der Waals surface area contributed by atoms with Crippen molar-refractivity contribution in [3.8, 4) is 22.6 Å². The second-order valence-electron chi connectivity index (χ2n) is 14.6. The van der Waals surface area contributed by atoms with Crippen molar-refractivity contribution in [1.82, 2.24) is 11.0 Å². The number of azo groups is 2. The van der Waals surface area contributed by atoms with Crippen LogP contribution in [0.3, 0.4) is 0 Å². The first kappa shape index (κ1) is 44.2. The number of phenolic OH excluding ortho intramolecular Hbond substituents is 2. The maximum Gasteiger partial charge on any atom is 0.275 e. The molecular formula is C49H35Cl2N9O6. The molecule has 1 amide bonds. The third kappa shape index (κ3) is 10.2. The summed E-state index contributed by atoms with van der Waals surface area (Å²) in [5, 5.41) is 62.4. The summed E-state index contributed by atoms with van der Waals surface area (Å²) in [5.41, 5.74) is 9.87. The van der Waals surface area contributed by atoms with Crippen molar-refractivity contribution in [2.24, 2.45) is 30.7 Å². The Kier molecular flexibility index (Phi) is 13.4. The number of halogens is 2. The van der Waals surface area contributed by atoms with E-state index in [-0.39, 0.29) is 50.8 Å². The minimum Gasteiger partial charge on any atom is -0.505 e. The molecule has 15 nitrogen and oxygen atoms in total. The Balaban J connectivity index is 0.974. The molecule has 0 bridgehead atoms. The monoisotopic (exact) mass is 915 g/mol. The molecule has 0 heterocycles. The van der Waals surface area contributed by atoms with Gasteiger partial charge in [0, 0.05) is 34.0 Å². The van der Waals surface area contributed by atoms with Crippen molar-refractivity contribution in [3.05, 3.63) is 194 Å². The zero-order chi connectivity index (χ0) is 46.2. The highest BCUT2D eigenvalue weighted by atomic mass is 35.5. The summed E-state index contributed by atoms with van der Waals surface area (Å²) in [5.74, 6) is -1.17. The lowest BCUT2D eigenvalue weighted by Gasteiger charge is -2.11. The number of hydrogen-bond donors (Lipinski definition) is 4. The lowest BCUT2D eigenvalue weighted by molar-refractivity contribution is -0.384. The largest absolute Gasteiger partial charge is 0.505 e. The molecule has 0 spiro atoms. The number of amides is 1. The Morgan fingerprint density at radius 3 is 1.86 bits per heavy atom. The number of non-ortho nitro benzene ring substituents is 1. The summed E-state index contributed by atoms with van der Waals surface area (Å²) < 4.78 is 0. The number of nitrogens with zero attached hydrogens (tertiary/aromatic N) is 7.